The number of amides is 1. The highest BCUT2D eigenvalue weighted by Gasteiger charge is 2.49. The van der Waals surface area contributed by atoms with Crippen LogP contribution in [0.15, 0.2) is 59.6 Å². The van der Waals surface area contributed by atoms with Crippen LogP contribution >= 0.6 is 11.8 Å². The standard InChI is InChI=1S/C21H19F3N2O3S2/c22-21(23,24)15-7-4-8-16(11-15)26-17-12-31(28,29)13-18(17)30-20(26)25-19(27)10-9-14-5-2-1-3-6-14/h1-8,11,17-18H,9-10,12-13H2/t17-,18-/m0/s1. The van der Waals surface area contributed by atoms with Crippen LogP contribution < -0.4 is 4.90 Å². The zero-order chi connectivity index (χ0) is 22.2. The summed E-state index contributed by atoms with van der Waals surface area (Å²) < 4.78 is 63.8. The van der Waals surface area contributed by atoms with Crippen LogP contribution in [0, 0.1) is 0 Å². The number of aryl methyl sites for hydroxylation is 1. The Balaban J connectivity index is 1.62. The number of rotatable bonds is 4. The van der Waals surface area contributed by atoms with Gasteiger partial charge in [-0.05, 0) is 30.2 Å². The lowest BCUT2D eigenvalue weighted by Gasteiger charge is -2.25. The first kappa shape index (κ1) is 21.9. The summed E-state index contributed by atoms with van der Waals surface area (Å²) in [5.41, 5.74) is 0.323. The van der Waals surface area contributed by atoms with Crippen molar-refractivity contribution < 1.29 is 26.4 Å². The Morgan fingerprint density at radius 1 is 1.10 bits per heavy atom. The van der Waals surface area contributed by atoms with Crippen LogP contribution in [0.2, 0.25) is 0 Å². The second-order valence-electron chi connectivity index (χ2n) is 7.49. The molecule has 31 heavy (non-hydrogen) atoms. The van der Waals surface area contributed by atoms with Crippen molar-refractivity contribution in [2.24, 2.45) is 4.99 Å². The van der Waals surface area contributed by atoms with E-state index in [1.807, 2.05) is 30.3 Å². The Bertz CT molecular complexity index is 1120. The molecule has 2 atom stereocenters. The monoisotopic (exact) mass is 468 g/mol. The van der Waals surface area contributed by atoms with Gasteiger partial charge in [0.25, 0.3) is 0 Å². The molecule has 0 bridgehead atoms. The van der Waals surface area contributed by atoms with Crippen molar-refractivity contribution in [3.8, 4) is 0 Å². The molecule has 2 saturated heterocycles. The fraction of sp³-hybridized carbons (Fsp3) is 0.333. The Labute approximate surface area is 182 Å². The normalized spacial score (nSPS) is 23.8. The Morgan fingerprint density at radius 2 is 1.84 bits per heavy atom. The zero-order valence-corrected chi connectivity index (χ0v) is 17.9. The van der Waals surface area contributed by atoms with E-state index < -0.39 is 33.5 Å². The third kappa shape index (κ3) is 4.95. The van der Waals surface area contributed by atoms with E-state index in [1.165, 1.54) is 17.0 Å². The van der Waals surface area contributed by atoms with Gasteiger partial charge in [-0.25, -0.2) is 8.42 Å². The summed E-state index contributed by atoms with van der Waals surface area (Å²) in [4.78, 5) is 18.1. The number of benzene rings is 2. The number of carbonyl (C=O) groups is 1. The minimum Gasteiger partial charge on any atom is -0.316 e. The minimum atomic E-state index is -4.53. The van der Waals surface area contributed by atoms with Crippen LogP contribution in [0.1, 0.15) is 17.5 Å². The number of alkyl halides is 3. The molecule has 4 rings (SSSR count). The lowest BCUT2D eigenvalue weighted by molar-refractivity contribution is -0.137. The van der Waals surface area contributed by atoms with Crippen LogP contribution in [0.5, 0.6) is 0 Å². The van der Waals surface area contributed by atoms with Crippen molar-refractivity contribution in [2.45, 2.75) is 30.3 Å². The Hall–Kier alpha value is -2.33. The van der Waals surface area contributed by atoms with Crippen molar-refractivity contribution in [3.05, 3.63) is 65.7 Å². The SMILES string of the molecule is O=C(CCc1ccccc1)N=C1S[C@H]2CS(=O)(=O)C[C@@H]2N1c1cccc(C(F)(F)F)c1. The second kappa shape index (κ2) is 8.31. The van der Waals surface area contributed by atoms with Gasteiger partial charge in [0.15, 0.2) is 15.0 Å². The molecule has 164 valence electrons. The maximum Gasteiger partial charge on any atom is 0.416 e. The molecule has 0 saturated carbocycles. The third-order valence-corrected chi connectivity index (χ3v) is 8.42. The zero-order valence-electron chi connectivity index (χ0n) is 16.2. The predicted octanol–water partition coefficient (Wildman–Crippen LogP) is 3.94. The number of hydrogen-bond acceptors (Lipinski definition) is 4. The van der Waals surface area contributed by atoms with E-state index >= 15 is 0 Å². The number of amidine groups is 1. The van der Waals surface area contributed by atoms with Gasteiger partial charge in [0, 0.05) is 17.4 Å². The smallest absolute Gasteiger partial charge is 0.316 e. The average Bonchev–Trinajstić information content (AvgIpc) is 3.17. The maximum atomic E-state index is 13.2. The van der Waals surface area contributed by atoms with Gasteiger partial charge in [-0.2, -0.15) is 18.2 Å². The molecule has 0 aromatic heterocycles. The van der Waals surface area contributed by atoms with Gasteiger partial charge >= 0.3 is 6.18 Å². The van der Waals surface area contributed by atoms with Crippen molar-refractivity contribution in [3.63, 3.8) is 0 Å². The van der Waals surface area contributed by atoms with Crippen LogP contribution in [-0.2, 0) is 27.2 Å². The molecular formula is C21H19F3N2O3S2. The molecule has 0 aliphatic carbocycles. The van der Waals surface area contributed by atoms with E-state index in [9.17, 15) is 26.4 Å². The molecular weight excluding hydrogens is 449 g/mol. The molecule has 1 amide bonds. The van der Waals surface area contributed by atoms with Gasteiger partial charge in [-0.3, -0.25) is 4.79 Å². The number of fused-ring (bicyclic) bond motifs is 1. The first-order valence-corrected chi connectivity index (χ1v) is 12.3. The van der Waals surface area contributed by atoms with E-state index in [-0.39, 0.29) is 34.0 Å². The number of halogens is 3. The topological polar surface area (TPSA) is 66.8 Å². The Morgan fingerprint density at radius 3 is 2.55 bits per heavy atom. The van der Waals surface area contributed by atoms with Crippen molar-refractivity contribution in [2.75, 3.05) is 16.4 Å². The Kier molecular flexibility index (Phi) is 5.87. The molecule has 2 aliphatic rings. The van der Waals surface area contributed by atoms with Gasteiger partial charge < -0.3 is 4.90 Å². The van der Waals surface area contributed by atoms with Gasteiger partial charge in [-0.15, -0.1) is 0 Å². The number of aliphatic imine (C=N–C) groups is 1. The first-order valence-electron chi connectivity index (χ1n) is 9.61. The summed E-state index contributed by atoms with van der Waals surface area (Å²) in [5.74, 6) is -0.668. The fourth-order valence-electron chi connectivity index (χ4n) is 3.76. The first-order chi connectivity index (χ1) is 14.6. The van der Waals surface area contributed by atoms with Crippen molar-refractivity contribution in [1.82, 2.24) is 0 Å². The summed E-state index contributed by atoms with van der Waals surface area (Å²) in [6.07, 6.45) is -3.89. The quantitative estimate of drug-likeness (QED) is 0.680. The van der Waals surface area contributed by atoms with Crippen LogP contribution in [-0.4, -0.2) is 42.3 Å². The summed E-state index contributed by atoms with van der Waals surface area (Å²) in [6.45, 7) is 0. The lowest BCUT2D eigenvalue weighted by Crippen LogP contribution is -2.37. The number of sulfone groups is 1. The summed E-state index contributed by atoms with van der Waals surface area (Å²) >= 11 is 1.14. The molecule has 0 unspecified atom stereocenters. The van der Waals surface area contributed by atoms with Crippen molar-refractivity contribution in [1.29, 1.82) is 0 Å². The lowest BCUT2D eigenvalue weighted by atomic mass is 10.1. The molecule has 2 aromatic carbocycles. The molecule has 2 fully saturated rings. The predicted molar refractivity (Wildman–Crippen MR) is 115 cm³/mol. The summed E-state index contributed by atoms with van der Waals surface area (Å²) in [7, 11) is -3.31. The van der Waals surface area contributed by atoms with Gasteiger partial charge in [0.1, 0.15) is 0 Å². The third-order valence-electron chi connectivity index (χ3n) is 5.21. The molecule has 5 nitrogen and oxygen atoms in total. The number of carbonyl (C=O) groups excluding carboxylic acids is 1. The van der Waals surface area contributed by atoms with Gasteiger partial charge in [0.05, 0.1) is 23.1 Å². The van der Waals surface area contributed by atoms with Crippen molar-refractivity contribution >= 4 is 38.4 Å². The molecule has 0 radical (unpaired) electrons. The van der Waals surface area contributed by atoms with Gasteiger partial charge in [-0.1, -0.05) is 48.2 Å². The van der Waals surface area contributed by atoms with E-state index in [0.717, 1.165) is 29.5 Å². The summed E-state index contributed by atoms with van der Waals surface area (Å²) in [6, 6.07) is 13.5. The van der Waals surface area contributed by atoms with E-state index in [1.54, 1.807) is 0 Å². The molecule has 2 heterocycles. The van der Waals surface area contributed by atoms with E-state index in [2.05, 4.69) is 4.99 Å². The van der Waals surface area contributed by atoms with E-state index in [4.69, 9.17) is 0 Å². The van der Waals surface area contributed by atoms with E-state index in [0.29, 0.717) is 6.42 Å². The van der Waals surface area contributed by atoms with Gasteiger partial charge in [0.2, 0.25) is 5.91 Å². The highest BCUT2D eigenvalue weighted by molar-refractivity contribution is 8.16. The van der Waals surface area contributed by atoms with Crippen LogP contribution in [0.25, 0.3) is 0 Å². The molecule has 2 aliphatic heterocycles. The highest BCUT2D eigenvalue weighted by atomic mass is 32.2. The number of hydrogen-bond donors (Lipinski definition) is 0. The second-order valence-corrected chi connectivity index (χ2v) is 10.9. The average molecular weight is 469 g/mol. The number of anilines is 1. The minimum absolute atomic E-state index is 0.0883. The fourth-order valence-corrected chi connectivity index (χ4v) is 7.69. The molecule has 0 N–H and O–H groups in total. The number of nitrogens with zero attached hydrogens (tertiary/aromatic N) is 2. The number of thioether (sulfide) groups is 1. The van der Waals surface area contributed by atoms with Crippen LogP contribution in [0.4, 0.5) is 18.9 Å². The van der Waals surface area contributed by atoms with Crippen LogP contribution in [0.3, 0.4) is 0 Å². The highest BCUT2D eigenvalue weighted by Crippen LogP contribution is 2.42. The molecule has 0 spiro atoms. The largest absolute Gasteiger partial charge is 0.416 e. The molecule has 10 heteroatoms. The molecule has 2 aromatic rings. The maximum absolute atomic E-state index is 13.2. The summed E-state index contributed by atoms with van der Waals surface area (Å²) in [5, 5.41) is -0.123.